The highest BCUT2D eigenvalue weighted by atomic mass is 32.2. The van der Waals surface area contributed by atoms with Crippen LogP contribution in [0.3, 0.4) is 0 Å². The monoisotopic (exact) mass is 291 g/mol. The lowest BCUT2D eigenvalue weighted by molar-refractivity contribution is -0.145. The van der Waals surface area contributed by atoms with Gasteiger partial charge in [-0.25, -0.2) is 0 Å². The van der Waals surface area contributed by atoms with Gasteiger partial charge in [0.25, 0.3) is 0 Å². The fourth-order valence-electron chi connectivity index (χ4n) is 2.08. The van der Waals surface area contributed by atoms with Crippen molar-refractivity contribution >= 4 is 17.7 Å². The Morgan fingerprint density at radius 3 is 2.63 bits per heavy atom. The Balaban J connectivity index is 2.51. The lowest BCUT2D eigenvalue weighted by Crippen LogP contribution is -2.42. The van der Waals surface area contributed by atoms with Crippen LogP contribution in [0.1, 0.15) is 26.7 Å². The van der Waals surface area contributed by atoms with Gasteiger partial charge in [-0.1, -0.05) is 13.8 Å². The lowest BCUT2D eigenvalue weighted by atomic mass is 9.89. The molecular formula is C13H25NO4S. The average molecular weight is 291 g/mol. The highest BCUT2D eigenvalue weighted by Gasteiger charge is 2.37. The van der Waals surface area contributed by atoms with E-state index in [1.807, 2.05) is 18.7 Å². The maximum atomic E-state index is 11.9. The van der Waals surface area contributed by atoms with Crippen molar-refractivity contribution in [2.45, 2.75) is 38.4 Å². The summed E-state index contributed by atoms with van der Waals surface area (Å²) in [6, 6.07) is 0. The molecule has 0 aromatic rings. The van der Waals surface area contributed by atoms with Crippen molar-refractivity contribution in [2.24, 2.45) is 5.41 Å². The third kappa shape index (κ3) is 4.63. The molecule has 5 nitrogen and oxygen atoms in total. The van der Waals surface area contributed by atoms with Gasteiger partial charge in [0.2, 0.25) is 5.91 Å². The van der Waals surface area contributed by atoms with Gasteiger partial charge in [-0.3, -0.25) is 4.79 Å². The van der Waals surface area contributed by atoms with E-state index in [4.69, 9.17) is 9.47 Å². The lowest BCUT2D eigenvalue weighted by Gasteiger charge is -2.30. The molecule has 0 bridgehead atoms. The van der Waals surface area contributed by atoms with Gasteiger partial charge >= 0.3 is 0 Å². The molecule has 1 saturated heterocycles. The molecular weight excluding hydrogens is 266 g/mol. The minimum absolute atomic E-state index is 0.0697. The summed E-state index contributed by atoms with van der Waals surface area (Å²) < 4.78 is 10.5. The van der Waals surface area contributed by atoms with Crippen LogP contribution in [0.4, 0.5) is 0 Å². The Bertz CT molecular complexity index is 294. The summed E-state index contributed by atoms with van der Waals surface area (Å²) in [7, 11) is 3.18. The van der Waals surface area contributed by atoms with Gasteiger partial charge in [0, 0.05) is 27.4 Å². The van der Waals surface area contributed by atoms with Gasteiger partial charge in [-0.05, 0) is 18.3 Å². The second kappa shape index (κ2) is 7.47. The molecule has 112 valence electrons. The zero-order chi connectivity index (χ0) is 14.5. The van der Waals surface area contributed by atoms with Crippen LogP contribution >= 0.6 is 11.8 Å². The normalized spacial score (nSPS) is 20.6. The summed E-state index contributed by atoms with van der Waals surface area (Å²) in [5, 5.41) is 9.16. The predicted molar refractivity (Wildman–Crippen MR) is 75.9 cm³/mol. The first kappa shape index (κ1) is 16.8. The van der Waals surface area contributed by atoms with Crippen molar-refractivity contribution in [1.29, 1.82) is 0 Å². The third-order valence-corrected chi connectivity index (χ3v) is 4.61. The van der Waals surface area contributed by atoms with Gasteiger partial charge in [0.1, 0.15) is 5.37 Å². The second-order valence-electron chi connectivity index (χ2n) is 5.55. The van der Waals surface area contributed by atoms with Crippen molar-refractivity contribution in [3.63, 3.8) is 0 Å². The summed E-state index contributed by atoms with van der Waals surface area (Å²) in [6.45, 7) is 4.90. The maximum Gasteiger partial charge on any atom is 0.233 e. The Morgan fingerprint density at radius 1 is 1.47 bits per heavy atom. The van der Waals surface area contributed by atoms with Crippen LogP contribution in [0.15, 0.2) is 0 Å². The molecule has 1 amide bonds. The molecule has 1 N–H and O–H groups in total. The van der Waals surface area contributed by atoms with Crippen molar-refractivity contribution in [3.05, 3.63) is 0 Å². The summed E-state index contributed by atoms with van der Waals surface area (Å²) in [6.07, 6.45) is 1.37. The molecule has 1 aliphatic rings. The fourth-order valence-corrected chi connectivity index (χ4v) is 3.35. The zero-order valence-corrected chi connectivity index (χ0v) is 13.0. The topological polar surface area (TPSA) is 59.0 Å². The molecule has 1 fully saturated rings. The second-order valence-corrected chi connectivity index (χ2v) is 6.66. The third-order valence-electron chi connectivity index (χ3n) is 3.38. The molecule has 0 aromatic heterocycles. The summed E-state index contributed by atoms with van der Waals surface area (Å²) in [4.78, 5) is 13.7. The fraction of sp³-hybridized carbons (Fsp3) is 0.923. The van der Waals surface area contributed by atoms with E-state index in [0.29, 0.717) is 12.3 Å². The van der Waals surface area contributed by atoms with Crippen LogP contribution in [-0.2, 0) is 14.3 Å². The summed E-state index contributed by atoms with van der Waals surface area (Å²) >= 11 is 1.56. The number of thioether (sulfide) groups is 1. The van der Waals surface area contributed by atoms with Crippen LogP contribution in [0, 0.1) is 5.41 Å². The number of aliphatic hydroxyl groups is 1. The first-order valence-electron chi connectivity index (χ1n) is 6.52. The Labute approximate surface area is 119 Å². The highest BCUT2D eigenvalue weighted by molar-refractivity contribution is 8.01. The van der Waals surface area contributed by atoms with E-state index in [9.17, 15) is 9.90 Å². The van der Waals surface area contributed by atoms with Crippen molar-refractivity contribution < 1.29 is 19.4 Å². The molecule has 6 heteroatoms. The average Bonchev–Trinajstić information content (AvgIpc) is 2.73. The maximum absolute atomic E-state index is 11.9. The number of rotatable bonds is 8. The molecule has 1 unspecified atom stereocenters. The van der Waals surface area contributed by atoms with E-state index in [0.717, 1.165) is 12.8 Å². The molecule has 1 rings (SSSR count). The summed E-state index contributed by atoms with van der Waals surface area (Å²) in [5.74, 6) is 0.619. The quantitative estimate of drug-likeness (QED) is 0.683. The van der Waals surface area contributed by atoms with Crippen molar-refractivity contribution in [2.75, 3.05) is 33.1 Å². The first-order valence-corrected chi connectivity index (χ1v) is 7.57. The SMILES string of the molecule is COC(OC)C1SCC(=O)N1CCCC(C)(C)CO. The van der Waals surface area contributed by atoms with Crippen LogP contribution in [0.2, 0.25) is 0 Å². The number of aliphatic hydroxyl groups excluding tert-OH is 1. The molecule has 0 aliphatic carbocycles. The Hall–Kier alpha value is -0.300. The van der Waals surface area contributed by atoms with Crippen LogP contribution in [0.25, 0.3) is 0 Å². The van der Waals surface area contributed by atoms with Crippen LogP contribution < -0.4 is 0 Å². The van der Waals surface area contributed by atoms with Gasteiger partial charge in [-0.15, -0.1) is 11.8 Å². The number of hydrogen-bond acceptors (Lipinski definition) is 5. The molecule has 0 spiro atoms. The zero-order valence-electron chi connectivity index (χ0n) is 12.2. The Morgan fingerprint density at radius 2 is 2.11 bits per heavy atom. The molecule has 1 heterocycles. The van der Waals surface area contributed by atoms with E-state index in [-0.39, 0.29) is 29.6 Å². The minimum Gasteiger partial charge on any atom is -0.396 e. The van der Waals surface area contributed by atoms with Crippen molar-refractivity contribution in [1.82, 2.24) is 4.90 Å². The number of carbonyl (C=O) groups is 1. The molecule has 0 aromatic carbocycles. The molecule has 1 atom stereocenters. The number of nitrogens with zero attached hydrogens (tertiary/aromatic N) is 1. The van der Waals surface area contributed by atoms with Gasteiger partial charge in [-0.2, -0.15) is 0 Å². The van der Waals surface area contributed by atoms with Crippen molar-refractivity contribution in [3.8, 4) is 0 Å². The van der Waals surface area contributed by atoms with Gasteiger partial charge < -0.3 is 19.5 Å². The Kier molecular flexibility index (Phi) is 6.59. The highest BCUT2D eigenvalue weighted by Crippen LogP contribution is 2.30. The van der Waals surface area contributed by atoms with E-state index >= 15 is 0 Å². The van der Waals surface area contributed by atoms with E-state index in [2.05, 4.69) is 0 Å². The standard InChI is InChI=1S/C13H25NO4S/c1-13(2,9-15)6-5-7-14-10(16)8-19-11(14)12(17-3)18-4/h11-12,15H,5-9H2,1-4H3. The number of carbonyl (C=O) groups excluding carboxylic acids is 1. The number of ether oxygens (including phenoxy) is 2. The van der Waals surface area contributed by atoms with Crippen LogP contribution in [-0.4, -0.2) is 60.7 Å². The predicted octanol–water partition coefficient (Wildman–Crippen LogP) is 1.31. The van der Waals surface area contributed by atoms with E-state index in [1.54, 1.807) is 26.0 Å². The largest absolute Gasteiger partial charge is 0.396 e. The number of hydrogen-bond donors (Lipinski definition) is 1. The molecule has 0 saturated carbocycles. The van der Waals surface area contributed by atoms with E-state index < -0.39 is 0 Å². The number of amides is 1. The van der Waals surface area contributed by atoms with Crippen LogP contribution in [0.5, 0.6) is 0 Å². The molecule has 1 aliphatic heterocycles. The first-order chi connectivity index (χ1) is 8.95. The summed E-state index contributed by atoms with van der Waals surface area (Å²) in [5.41, 5.74) is -0.0900. The van der Waals surface area contributed by atoms with Gasteiger partial charge in [0.15, 0.2) is 6.29 Å². The molecule has 19 heavy (non-hydrogen) atoms. The number of methoxy groups -OCH3 is 2. The molecule has 0 radical (unpaired) electrons. The van der Waals surface area contributed by atoms with E-state index in [1.165, 1.54) is 0 Å². The van der Waals surface area contributed by atoms with Gasteiger partial charge in [0.05, 0.1) is 5.75 Å². The smallest absolute Gasteiger partial charge is 0.233 e. The minimum atomic E-state index is -0.387.